The Morgan fingerprint density at radius 3 is 2.44 bits per heavy atom. The van der Waals surface area contributed by atoms with E-state index in [1.165, 1.54) is 32.1 Å². The third-order valence-electron chi connectivity index (χ3n) is 3.48. The Morgan fingerprint density at radius 1 is 1.11 bits per heavy atom. The van der Waals surface area contributed by atoms with Gasteiger partial charge < -0.3 is 19.7 Å². The molecule has 0 saturated carbocycles. The summed E-state index contributed by atoms with van der Waals surface area (Å²) in [6, 6.07) is 0. The molecule has 0 unspecified atom stereocenters. The maximum Gasteiger partial charge on any atom is 0.160 e. The Labute approximate surface area is 110 Å². The van der Waals surface area contributed by atoms with E-state index in [-0.39, 0.29) is 12.4 Å². The van der Waals surface area contributed by atoms with Gasteiger partial charge in [0.2, 0.25) is 0 Å². The summed E-state index contributed by atoms with van der Waals surface area (Å²) in [5.74, 6) is 0. The molecule has 1 saturated heterocycles. The molecule has 1 heterocycles. The first-order chi connectivity index (χ1) is 8.65. The van der Waals surface area contributed by atoms with Gasteiger partial charge in [0.1, 0.15) is 6.10 Å². The molecule has 0 radical (unpaired) electrons. The maximum absolute atomic E-state index is 9.61. The highest BCUT2D eigenvalue weighted by Crippen LogP contribution is 2.21. The van der Waals surface area contributed by atoms with Crippen molar-refractivity contribution >= 4 is 0 Å². The fourth-order valence-corrected chi connectivity index (χ4v) is 2.23. The first kappa shape index (κ1) is 15.9. The number of ether oxygens (including phenoxy) is 2. The number of aliphatic hydroxyl groups excluding tert-OH is 2. The van der Waals surface area contributed by atoms with Crippen molar-refractivity contribution in [3.63, 3.8) is 0 Å². The van der Waals surface area contributed by atoms with Crippen LogP contribution in [-0.4, -0.2) is 41.4 Å². The molecule has 108 valence electrons. The van der Waals surface area contributed by atoms with Crippen LogP contribution in [0.5, 0.6) is 0 Å². The molecular formula is C14H28O4. The highest BCUT2D eigenvalue weighted by Gasteiger charge is 2.34. The lowest BCUT2D eigenvalue weighted by atomic mass is 10.0. The van der Waals surface area contributed by atoms with Crippen LogP contribution in [0.1, 0.15) is 58.8 Å². The molecule has 1 rings (SSSR count). The molecule has 0 bridgehead atoms. The van der Waals surface area contributed by atoms with Gasteiger partial charge in [0.25, 0.3) is 0 Å². The van der Waals surface area contributed by atoms with Crippen molar-refractivity contribution in [1.29, 1.82) is 0 Å². The first-order valence-electron chi connectivity index (χ1n) is 7.28. The molecule has 2 N–H and O–H groups in total. The lowest BCUT2D eigenvalue weighted by Gasteiger charge is -2.35. The second-order valence-corrected chi connectivity index (χ2v) is 5.20. The summed E-state index contributed by atoms with van der Waals surface area (Å²) in [6.45, 7) is 4.64. The van der Waals surface area contributed by atoms with E-state index in [1.807, 2.05) is 0 Å². The highest BCUT2D eigenvalue weighted by atomic mass is 16.7. The molecule has 0 aromatic carbocycles. The van der Waals surface area contributed by atoms with Gasteiger partial charge in [0.15, 0.2) is 6.29 Å². The number of hydrogen-bond donors (Lipinski definition) is 2. The molecule has 1 fully saturated rings. The van der Waals surface area contributed by atoms with Crippen LogP contribution < -0.4 is 0 Å². The van der Waals surface area contributed by atoms with Crippen LogP contribution in [0.4, 0.5) is 0 Å². The molecule has 0 amide bonds. The van der Waals surface area contributed by atoms with Crippen LogP contribution in [0.15, 0.2) is 0 Å². The first-order valence-corrected chi connectivity index (χ1v) is 7.28. The second-order valence-electron chi connectivity index (χ2n) is 5.20. The minimum Gasteiger partial charge on any atom is -0.390 e. The summed E-state index contributed by atoms with van der Waals surface area (Å²) in [5, 5.41) is 19.1. The number of hydrogen-bond acceptors (Lipinski definition) is 4. The van der Waals surface area contributed by atoms with E-state index in [9.17, 15) is 10.2 Å². The third-order valence-corrected chi connectivity index (χ3v) is 3.48. The van der Waals surface area contributed by atoms with E-state index in [1.54, 1.807) is 6.92 Å². The Balaban J connectivity index is 2.02. The van der Waals surface area contributed by atoms with Crippen molar-refractivity contribution in [1.82, 2.24) is 0 Å². The Kier molecular flexibility index (Phi) is 7.82. The molecule has 1 aliphatic heterocycles. The summed E-state index contributed by atoms with van der Waals surface area (Å²) >= 11 is 0. The van der Waals surface area contributed by atoms with Crippen molar-refractivity contribution in [3.8, 4) is 0 Å². The zero-order chi connectivity index (χ0) is 13.4. The summed E-state index contributed by atoms with van der Waals surface area (Å²) in [4.78, 5) is 0. The van der Waals surface area contributed by atoms with Crippen LogP contribution in [0.25, 0.3) is 0 Å². The average Bonchev–Trinajstić information content (AvgIpc) is 2.34. The monoisotopic (exact) mass is 260 g/mol. The zero-order valence-corrected chi connectivity index (χ0v) is 11.7. The zero-order valence-electron chi connectivity index (χ0n) is 11.7. The predicted octanol–water partition coefficient (Wildman–Crippen LogP) is 2.22. The second kappa shape index (κ2) is 8.86. The minimum absolute atomic E-state index is 0.358. The molecule has 18 heavy (non-hydrogen) atoms. The van der Waals surface area contributed by atoms with Gasteiger partial charge in [-0.05, 0) is 13.3 Å². The van der Waals surface area contributed by atoms with E-state index in [4.69, 9.17) is 9.47 Å². The molecule has 0 aromatic rings. The number of unbranched alkanes of at least 4 members (excludes halogenated alkanes) is 5. The van der Waals surface area contributed by atoms with Crippen molar-refractivity contribution in [3.05, 3.63) is 0 Å². The van der Waals surface area contributed by atoms with Gasteiger partial charge >= 0.3 is 0 Å². The summed E-state index contributed by atoms with van der Waals surface area (Å²) in [5.41, 5.74) is 0. The Hall–Kier alpha value is -0.160. The minimum atomic E-state index is -0.793. The Bertz CT molecular complexity index is 198. The van der Waals surface area contributed by atoms with Crippen molar-refractivity contribution in [2.75, 3.05) is 6.61 Å². The largest absolute Gasteiger partial charge is 0.390 e. The van der Waals surface area contributed by atoms with Crippen LogP contribution in [0, 0.1) is 0 Å². The third kappa shape index (κ3) is 5.65. The Morgan fingerprint density at radius 2 is 1.78 bits per heavy atom. The standard InChI is InChI=1S/C14H28O4/c1-3-4-5-6-7-8-9-17-13-10-12(15)14(16)11(2)18-13/h11-16H,3-10H2,1-2H3/t11-,12+,13-,14-/m1/s1. The molecule has 0 spiro atoms. The van der Waals surface area contributed by atoms with Crippen molar-refractivity contribution in [2.45, 2.75) is 83.4 Å². The molecule has 0 aromatic heterocycles. The lowest BCUT2D eigenvalue weighted by molar-refractivity contribution is -0.246. The predicted molar refractivity (Wildman–Crippen MR) is 70.3 cm³/mol. The molecule has 4 heteroatoms. The summed E-state index contributed by atoms with van der Waals surface area (Å²) < 4.78 is 11.1. The van der Waals surface area contributed by atoms with Crippen molar-refractivity contribution < 1.29 is 19.7 Å². The van der Waals surface area contributed by atoms with Crippen LogP contribution in [0.3, 0.4) is 0 Å². The molecule has 4 nitrogen and oxygen atoms in total. The van der Waals surface area contributed by atoms with E-state index < -0.39 is 12.2 Å². The van der Waals surface area contributed by atoms with Gasteiger partial charge in [-0.3, -0.25) is 0 Å². The normalized spacial score (nSPS) is 32.7. The van der Waals surface area contributed by atoms with E-state index in [0.29, 0.717) is 13.0 Å². The smallest absolute Gasteiger partial charge is 0.160 e. The van der Waals surface area contributed by atoms with Gasteiger partial charge in [-0.15, -0.1) is 0 Å². The number of aliphatic hydroxyl groups is 2. The molecule has 0 aliphatic carbocycles. The summed E-state index contributed by atoms with van der Waals surface area (Å²) in [7, 11) is 0. The fraction of sp³-hybridized carbons (Fsp3) is 1.00. The van der Waals surface area contributed by atoms with Gasteiger partial charge in [0.05, 0.1) is 12.2 Å². The van der Waals surface area contributed by atoms with Gasteiger partial charge in [-0.2, -0.15) is 0 Å². The maximum atomic E-state index is 9.61. The highest BCUT2D eigenvalue weighted by molar-refractivity contribution is 4.79. The lowest BCUT2D eigenvalue weighted by Crippen LogP contribution is -2.47. The average molecular weight is 260 g/mol. The topological polar surface area (TPSA) is 58.9 Å². The number of rotatable bonds is 8. The van der Waals surface area contributed by atoms with E-state index in [2.05, 4.69) is 6.92 Å². The fourth-order valence-electron chi connectivity index (χ4n) is 2.23. The van der Waals surface area contributed by atoms with Crippen LogP contribution in [-0.2, 0) is 9.47 Å². The summed E-state index contributed by atoms with van der Waals surface area (Å²) in [6.07, 6.45) is 5.49. The SMILES string of the molecule is CCCCCCCCO[C@H]1C[C@H](O)[C@H](O)[C@@H](C)O1. The molecule has 1 aliphatic rings. The quantitative estimate of drug-likeness (QED) is 0.657. The van der Waals surface area contributed by atoms with Gasteiger partial charge in [0, 0.05) is 13.0 Å². The van der Waals surface area contributed by atoms with Crippen molar-refractivity contribution in [2.24, 2.45) is 0 Å². The molecular weight excluding hydrogens is 232 g/mol. The van der Waals surface area contributed by atoms with Crippen LogP contribution >= 0.6 is 0 Å². The van der Waals surface area contributed by atoms with E-state index >= 15 is 0 Å². The molecule has 4 atom stereocenters. The van der Waals surface area contributed by atoms with Crippen LogP contribution in [0.2, 0.25) is 0 Å². The van der Waals surface area contributed by atoms with Gasteiger partial charge in [-0.1, -0.05) is 39.0 Å². The van der Waals surface area contributed by atoms with E-state index in [0.717, 1.165) is 6.42 Å². The van der Waals surface area contributed by atoms with Gasteiger partial charge in [-0.25, -0.2) is 0 Å².